The van der Waals surface area contributed by atoms with Crippen LogP contribution in [-0.4, -0.2) is 0 Å². The summed E-state index contributed by atoms with van der Waals surface area (Å²) < 4.78 is 0. The monoisotopic (exact) mass is 196 g/mol. The molecular formula is C10H16N2S. The zero-order valence-corrected chi connectivity index (χ0v) is 8.79. The van der Waals surface area contributed by atoms with Crippen LogP contribution in [0.4, 0.5) is 0 Å². The van der Waals surface area contributed by atoms with Gasteiger partial charge in [-0.25, -0.2) is 0 Å². The molecule has 1 aliphatic carbocycles. The van der Waals surface area contributed by atoms with Crippen LogP contribution < -0.4 is 11.3 Å². The molecule has 1 aromatic rings. The Bertz CT molecular complexity index is 268. The maximum atomic E-state index is 5.49. The Morgan fingerprint density at radius 2 is 2.46 bits per heavy atom. The first-order chi connectivity index (χ1) is 6.35. The van der Waals surface area contributed by atoms with Gasteiger partial charge in [0.15, 0.2) is 0 Å². The van der Waals surface area contributed by atoms with Gasteiger partial charge in [0.25, 0.3) is 0 Å². The lowest BCUT2D eigenvalue weighted by Gasteiger charge is -2.10. The van der Waals surface area contributed by atoms with Crippen molar-refractivity contribution >= 4 is 11.3 Å². The van der Waals surface area contributed by atoms with E-state index >= 15 is 0 Å². The molecule has 0 aliphatic heterocycles. The highest BCUT2D eigenvalue weighted by Gasteiger charge is 2.18. The van der Waals surface area contributed by atoms with Crippen molar-refractivity contribution in [2.75, 3.05) is 0 Å². The van der Waals surface area contributed by atoms with Crippen LogP contribution >= 0.6 is 11.3 Å². The molecule has 72 valence electrons. The molecule has 3 N–H and O–H groups in total. The third-order valence-electron chi connectivity index (χ3n) is 2.72. The zero-order valence-electron chi connectivity index (χ0n) is 7.97. The number of nitrogens with one attached hydrogen (secondary N) is 1. The zero-order chi connectivity index (χ0) is 9.26. The van der Waals surface area contributed by atoms with Crippen LogP contribution in [0.15, 0.2) is 6.07 Å². The lowest BCUT2D eigenvalue weighted by molar-refractivity contribution is 0.547. The van der Waals surface area contributed by atoms with Crippen LogP contribution in [-0.2, 0) is 12.8 Å². The van der Waals surface area contributed by atoms with Gasteiger partial charge in [-0.15, -0.1) is 11.3 Å². The second-order valence-electron chi connectivity index (χ2n) is 3.58. The number of hydrazine groups is 1. The molecule has 1 heterocycles. The maximum Gasteiger partial charge on any atom is 0.0550 e. The number of thiophene rings is 1. The molecule has 0 saturated carbocycles. The highest BCUT2D eigenvalue weighted by atomic mass is 32.1. The molecule has 0 spiro atoms. The molecule has 13 heavy (non-hydrogen) atoms. The van der Waals surface area contributed by atoms with Gasteiger partial charge in [-0.2, -0.15) is 0 Å². The number of rotatable bonds is 3. The fraction of sp³-hybridized carbons (Fsp3) is 0.600. The second kappa shape index (κ2) is 3.78. The Kier molecular flexibility index (Phi) is 2.67. The van der Waals surface area contributed by atoms with Gasteiger partial charge in [-0.05, 0) is 37.3 Å². The Hall–Kier alpha value is -0.380. The van der Waals surface area contributed by atoms with Crippen molar-refractivity contribution in [2.24, 2.45) is 5.84 Å². The van der Waals surface area contributed by atoms with Crippen molar-refractivity contribution in [2.45, 2.75) is 38.6 Å². The van der Waals surface area contributed by atoms with Crippen LogP contribution in [0.25, 0.3) is 0 Å². The molecule has 0 aromatic carbocycles. The largest absolute Gasteiger partial charge is 0.271 e. The van der Waals surface area contributed by atoms with Crippen LogP contribution in [0.5, 0.6) is 0 Å². The van der Waals surface area contributed by atoms with E-state index in [1.165, 1.54) is 24.1 Å². The number of aryl methyl sites for hydroxylation is 2. The van der Waals surface area contributed by atoms with E-state index in [1.807, 2.05) is 11.3 Å². The highest BCUT2D eigenvalue weighted by Crippen LogP contribution is 2.34. The average molecular weight is 196 g/mol. The molecule has 1 aromatic heterocycles. The summed E-state index contributed by atoms with van der Waals surface area (Å²) in [5, 5.41) is 0. The summed E-state index contributed by atoms with van der Waals surface area (Å²) in [6, 6.07) is 2.69. The first kappa shape index (κ1) is 9.19. The lowest BCUT2D eigenvalue weighted by atomic mass is 10.1. The van der Waals surface area contributed by atoms with Crippen molar-refractivity contribution in [3.05, 3.63) is 21.4 Å². The minimum atomic E-state index is 0.357. The van der Waals surface area contributed by atoms with Crippen molar-refractivity contribution in [3.8, 4) is 0 Å². The number of fused-ring (bicyclic) bond motifs is 1. The van der Waals surface area contributed by atoms with Gasteiger partial charge in [-0.1, -0.05) is 6.92 Å². The lowest BCUT2D eigenvalue weighted by Crippen LogP contribution is -2.26. The van der Waals surface area contributed by atoms with E-state index in [-0.39, 0.29) is 0 Å². The Morgan fingerprint density at radius 3 is 3.08 bits per heavy atom. The van der Waals surface area contributed by atoms with Crippen molar-refractivity contribution in [3.63, 3.8) is 0 Å². The molecule has 0 bridgehead atoms. The van der Waals surface area contributed by atoms with Crippen LogP contribution in [0.3, 0.4) is 0 Å². The summed E-state index contributed by atoms with van der Waals surface area (Å²) in [5.41, 5.74) is 4.43. The van der Waals surface area contributed by atoms with Gasteiger partial charge in [-0.3, -0.25) is 11.3 Å². The van der Waals surface area contributed by atoms with E-state index in [2.05, 4.69) is 18.4 Å². The van der Waals surface area contributed by atoms with Gasteiger partial charge < -0.3 is 0 Å². The summed E-state index contributed by atoms with van der Waals surface area (Å²) in [6.45, 7) is 2.16. The number of hydrogen-bond acceptors (Lipinski definition) is 3. The summed E-state index contributed by atoms with van der Waals surface area (Å²) in [6.07, 6.45) is 4.96. The molecule has 0 radical (unpaired) electrons. The van der Waals surface area contributed by atoms with Gasteiger partial charge in [0, 0.05) is 9.75 Å². The fourth-order valence-electron chi connectivity index (χ4n) is 1.92. The predicted octanol–water partition coefficient (Wildman–Crippen LogP) is 2.15. The van der Waals surface area contributed by atoms with Crippen molar-refractivity contribution < 1.29 is 0 Å². The normalized spacial score (nSPS) is 17.4. The van der Waals surface area contributed by atoms with Crippen molar-refractivity contribution in [1.29, 1.82) is 0 Å². The van der Waals surface area contributed by atoms with Gasteiger partial charge >= 0.3 is 0 Å². The van der Waals surface area contributed by atoms with E-state index in [0.717, 1.165) is 6.42 Å². The number of nitrogens with two attached hydrogens (primary N) is 1. The third-order valence-corrected chi connectivity index (χ3v) is 4.07. The number of hydrogen-bond donors (Lipinski definition) is 2. The topological polar surface area (TPSA) is 38.0 Å². The molecule has 3 heteroatoms. The molecule has 0 amide bonds. The minimum absolute atomic E-state index is 0.357. The smallest absolute Gasteiger partial charge is 0.0550 e. The Balaban J connectivity index is 2.22. The quantitative estimate of drug-likeness (QED) is 0.574. The van der Waals surface area contributed by atoms with E-state index in [0.29, 0.717) is 6.04 Å². The predicted molar refractivity (Wildman–Crippen MR) is 56.7 cm³/mol. The first-order valence-electron chi connectivity index (χ1n) is 4.92. The molecule has 2 rings (SSSR count). The SMILES string of the molecule is CCC(NN)c1cc2c(s1)CCC2. The highest BCUT2D eigenvalue weighted by molar-refractivity contribution is 7.12. The Morgan fingerprint density at radius 1 is 1.62 bits per heavy atom. The second-order valence-corrected chi connectivity index (χ2v) is 4.75. The van der Waals surface area contributed by atoms with Crippen LogP contribution in [0, 0.1) is 0 Å². The molecule has 0 fully saturated rings. The molecular weight excluding hydrogens is 180 g/mol. The third kappa shape index (κ3) is 1.64. The van der Waals surface area contributed by atoms with E-state index in [1.54, 1.807) is 10.4 Å². The summed E-state index contributed by atoms with van der Waals surface area (Å²) in [7, 11) is 0. The molecule has 1 unspecified atom stereocenters. The van der Waals surface area contributed by atoms with Crippen LogP contribution in [0.1, 0.15) is 41.1 Å². The van der Waals surface area contributed by atoms with Gasteiger partial charge in [0.05, 0.1) is 6.04 Å². The molecule has 1 atom stereocenters. The van der Waals surface area contributed by atoms with E-state index < -0.39 is 0 Å². The standard InChI is InChI=1S/C10H16N2S/c1-2-8(12-11)10-6-7-4-3-5-9(7)13-10/h6,8,12H,2-5,11H2,1H3. The minimum Gasteiger partial charge on any atom is -0.271 e. The van der Waals surface area contributed by atoms with Gasteiger partial charge in [0.1, 0.15) is 0 Å². The molecule has 1 aliphatic rings. The average Bonchev–Trinajstić information content (AvgIpc) is 2.65. The van der Waals surface area contributed by atoms with Crippen molar-refractivity contribution in [1.82, 2.24) is 5.43 Å². The summed E-state index contributed by atoms with van der Waals surface area (Å²) in [4.78, 5) is 3.00. The fourth-order valence-corrected chi connectivity index (χ4v) is 3.33. The van der Waals surface area contributed by atoms with E-state index in [4.69, 9.17) is 5.84 Å². The van der Waals surface area contributed by atoms with Crippen LogP contribution in [0.2, 0.25) is 0 Å². The molecule has 2 nitrogen and oxygen atoms in total. The summed E-state index contributed by atoms with van der Waals surface area (Å²) >= 11 is 1.94. The maximum absolute atomic E-state index is 5.49. The van der Waals surface area contributed by atoms with Gasteiger partial charge in [0.2, 0.25) is 0 Å². The van der Waals surface area contributed by atoms with E-state index in [9.17, 15) is 0 Å². The summed E-state index contributed by atoms with van der Waals surface area (Å²) in [5.74, 6) is 5.49. The Labute approximate surface area is 83.1 Å². The first-order valence-corrected chi connectivity index (χ1v) is 5.74. The molecule has 0 saturated heterocycles.